The van der Waals surface area contributed by atoms with E-state index in [1.165, 1.54) is 0 Å². The van der Waals surface area contributed by atoms with Crippen molar-refractivity contribution in [1.29, 1.82) is 0 Å². The van der Waals surface area contributed by atoms with E-state index in [0.29, 0.717) is 6.04 Å². The molecule has 1 N–H and O–H groups in total. The van der Waals surface area contributed by atoms with Gasteiger partial charge in [-0.3, -0.25) is 0 Å². The van der Waals surface area contributed by atoms with E-state index in [1.807, 2.05) is 5.51 Å². The summed E-state index contributed by atoms with van der Waals surface area (Å²) in [5.41, 5.74) is 3.04. The zero-order valence-electron chi connectivity index (χ0n) is 9.20. The van der Waals surface area contributed by atoms with Crippen LogP contribution in [0.5, 0.6) is 0 Å². The van der Waals surface area contributed by atoms with Crippen molar-refractivity contribution in [2.24, 2.45) is 0 Å². The van der Waals surface area contributed by atoms with Gasteiger partial charge in [0.2, 0.25) is 0 Å². The maximum absolute atomic E-state index is 5.25. The van der Waals surface area contributed by atoms with Crippen molar-refractivity contribution in [3.05, 3.63) is 16.6 Å². The summed E-state index contributed by atoms with van der Waals surface area (Å²) in [4.78, 5) is 4.35. The summed E-state index contributed by atoms with van der Waals surface area (Å²) >= 11 is 1.65. The third-order valence-corrected chi connectivity index (χ3v) is 2.87. The van der Waals surface area contributed by atoms with Gasteiger partial charge in [0.25, 0.3) is 0 Å². The molecule has 15 heavy (non-hydrogen) atoms. The van der Waals surface area contributed by atoms with E-state index in [-0.39, 0.29) is 0 Å². The summed E-state index contributed by atoms with van der Waals surface area (Å²) < 4.78 is 0. The number of unbranched alkanes of at least 4 members (excludes halogenated alkanes) is 1. The zero-order chi connectivity index (χ0) is 10.9. The van der Waals surface area contributed by atoms with Crippen LogP contribution in [0, 0.1) is 12.3 Å². The van der Waals surface area contributed by atoms with Gasteiger partial charge in [-0.05, 0) is 25.8 Å². The minimum Gasteiger partial charge on any atom is -0.309 e. The molecular formula is C12H18N2S. The Hall–Kier alpha value is -0.850. The molecule has 0 amide bonds. The predicted molar refractivity (Wildman–Crippen MR) is 65.8 cm³/mol. The monoisotopic (exact) mass is 222 g/mol. The van der Waals surface area contributed by atoms with Gasteiger partial charge >= 0.3 is 0 Å². The summed E-state index contributed by atoms with van der Waals surface area (Å²) in [6.45, 7) is 3.21. The molecule has 1 heterocycles. The lowest BCUT2D eigenvalue weighted by molar-refractivity contribution is 0.479. The second kappa shape index (κ2) is 7.44. The highest BCUT2D eigenvalue weighted by molar-refractivity contribution is 7.07. The summed E-state index contributed by atoms with van der Waals surface area (Å²) in [6, 6.07) is 0.379. The first-order valence-electron chi connectivity index (χ1n) is 5.43. The maximum atomic E-state index is 5.25. The van der Waals surface area contributed by atoms with Crippen LogP contribution in [0.25, 0.3) is 0 Å². The summed E-state index contributed by atoms with van der Waals surface area (Å²) in [5.74, 6) is 2.68. The summed E-state index contributed by atoms with van der Waals surface area (Å²) in [5, 5.41) is 5.62. The van der Waals surface area contributed by atoms with Crippen molar-refractivity contribution in [3.8, 4) is 12.3 Å². The van der Waals surface area contributed by atoms with E-state index in [1.54, 1.807) is 11.3 Å². The van der Waals surface area contributed by atoms with Gasteiger partial charge < -0.3 is 5.32 Å². The molecule has 2 nitrogen and oxygen atoms in total. The van der Waals surface area contributed by atoms with Crippen molar-refractivity contribution < 1.29 is 0 Å². The third-order valence-electron chi connectivity index (χ3n) is 2.26. The smallest absolute Gasteiger partial charge is 0.0795 e. The van der Waals surface area contributed by atoms with Gasteiger partial charge in [0, 0.05) is 11.8 Å². The van der Waals surface area contributed by atoms with E-state index in [9.17, 15) is 0 Å². The fraction of sp³-hybridized carbons (Fsp3) is 0.583. The highest BCUT2D eigenvalue weighted by Gasteiger charge is 2.11. The van der Waals surface area contributed by atoms with Crippen LogP contribution >= 0.6 is 11.3 Å². The molecule has 0 aliphatic heterocycles. The zero-order valence-corrected chi connectivity index (χ0v) is 10.0. The molecule has 1 unspecified atom stereocenters. The van der Waals surface area contributed by atoms with Crippen LogP contribution in [0.1, 0.15) is 44.3 Å². The van der Waals surface area contributed by atoms with Crippen molar-refractivity contribution in [2.75, 3.05) is 6.54 Å². The van der Waals surface area contributed by atoms with Gasteiger partial charge in [-0.2, -0.15) is 0 Å². The van der Waals surface area contributed by atoms with E-state index >= 15 is 0 Å². The Bertz CT molecular complexity index is 287. The van der Waals surface area contributed by atoms with Gasteiger partial charge in [0.05, 0.1) is 17.2 Å². The lowest BCUT2D eigenvalue weighted by Crippen LogP contribution is -2.22. The van der Waals surface area contributed by atoms with Crippen LogP contribution in [-0.2, 0) is 0 Å². The van der Waals surface area contributed by atoms with Gasteiger partial charge in [-0.15, -0.1) is 23.7 Å². The van der Waals surface area contributed by atoms with Gasteiger partial charge in [-0.1, -0.05) is 6.92 Å². The number of nitrogens with zero attached hydrogens (tertiary/aromatic N) is 1. The average molecular weight is 222 g/mol. The van der Waals surface area contributed by atoms with Crippen molar-refractivity contribution in [3.63, 3.8) is 0 Å². The minimum absolute atomic E-state index is 0.379. The fourth-order valence-electron chi connectivity index (χ4n) is 1.48. The lowest BCUT2D eigenvalue weighted by atomic mass is 10.1. The second-order valence-corrected chi connectivity index (χ2v) is 4.24. The van der Waals surface area contributed by atoms with Crippen molar-refractivity contribution in [2.45, 2.75) is 38.6 Å². The number of rotatable bonds is 7. The minimum atomic E-state index is 0.379. The number of hydrogen-bond acceptors (Lipinski definition) is 3. The average Bonchev–Trinajstić information content (AvgIpc) is 2.76. The van der Waals surface area contributed by atoms with Crippen LogP contribution in [0.3, 0.4) is 0 Å². The molecule has 1 atom stereocenters. The molecule has 82 valence electrons. The van der Waals surface area contributed by atoms with Crippen molar-refractivity contribution >= 4 is 11.3 Å². The molecule has 1 rings (SSSR count). The molecule has 1 aromatic rings. The maximum Gasteiger partial charge on any atom is 0.0795 e. The molecule has 0 fully saturated rings. The SMILES string of the molecule is C#CCCCC(NCCC)c1cscn1. The largest absolute Gasteiger partial charge is 0.309 e. The van der Waals surface area contributed by atoms with Gasteiger partial charge in [0.1, 0.15) is 0 Å². The Kier molecular flexibility index (Phi) is 6.06. The Labute approximate surface area is 96.1 Å². The van der Waals surface area contributed by atoms with Crippen molar-refractivity contribution in [1.82, 2.24) is 10.3 Å². The molecule has 0 saturated heterocycles. The molecule has 3 heteroatoms. The lowest BCUT2D eigenvalue weighted by Gasteiger charge is -2.15. The summed E-state index contributed by atoms with van der Waals surface area (Å²) in [7, 11) is 0. The first-order valence-corrected chi connectivity index (χ1v) is 6.37. The molecule has 0 bridgehead atoms. The van der Waals surface area contributed by atoms with E-state index in [4.69, 9.17) is 6.42 Å². The fourth-order valence-corrected chi connectivity index (χ4v) is 2.08. The molecule has 1 aromatic heterocycles. The van der Waals surface area contributed by atoms with Crippen LogP contribution < -0.4 is 5.32 Å². The van der Waals surface area contributed by atoms with Crippen LogP contribution in [0.2, 0.25) is 0 Å². The normalized spacial score (nSPS) is 12.3. The molecule has 0 aliphatic rings. The van der Waals surface area contributed by atoms with Crippen LogP contribution in [-0.4, -0.2) is 11.5 Å². The number of aromatic nitrogens is 1. The molecule has 0 radical (unpaired) electrons. The molecule has 0 spiro atoms. The third kappa shape index (κ3) is 4.46. The number of hydrogen-bond donors (Lipinski definition) is 1. The Morgan fingerprint density at radius 2 is 2.53 bits per heavy atom. The van der Waals surface area contributed by atoms with Gasteiger partial charge in [-0.25, -0.2) is 4.98 Å². The molecule has 0 saturated carbocycles. The van der Waals surface area contributed by atoms with Crippen LogP contribution in [0.15, 0.2) is 10.9 Å². The first-order chi connectivity index (χ1) is 7.38. The predicted octanol–water partition coefficient (Wildman–Crippen LogP) is 2.99. The van der Waals surface area contributed by atoms with E-state index in [2.05, 4.69) is 28.5 Å². The number of nitrogens with one attached hydrogen (secondary N) is 1. The van der Waals surface area contributed by atoms with E-state index < -0.39 is 0 Å². The summed E-state index contributed by atoms with van der Waals surface area (Å²) in [6.07, 6.45) is 9.40. The standard InChI is InChI=1S/C12H18N2S/c1-3-5-6-7-11(13-8-4-2)12-9-15-10-14-12/h1,9-11,13H,4-8H2,2H3. The Morgan fingerprint density at radius 3 is 3.13 bits per heavy atom. The number of terminal acetylenes is 1. The van der Waals surface area contributed by atoms with Gasteiger partial charge in [0.15, 0.2) is 0 Å². The molecular weight excluding hydrogens is 204 g/mol. The Morgan fingerprint density at radius 1 is 1.67 bits per heavy atom. The Balaban J connectivity index is 2.43. The highest BCUT2D eigenvalue weighted by atomic mass is 32.1. The first kappa shape index (κ1) is 12.2. The van der Waals surface area contributed by atoms with Crippen LogP contribution in [0.4, 0.5) is 0 Å². The second-order valence-electron chi connectivity index (χ2n) is 3.52. The molecule has 0 aliphatic carbocycles. The molecule has 0 aromatic carbocycles. The highest BCUT2D eigenvalue weighted by Crippen LogP contribution is 2.19. The quantitative estimate of drug-likeness (QED) is 0.566. The topological polar surface area (TPSA) is 24.9 Å². The number of thiazole rings is 1. The van der Waals surface area contributed by atoms with E-state index in [0.717, 1.165) is 37.9 Å².